The van der Waals surface area contributed by atoms with Gasteiger partial charge in [0.2, 0.25) is 15.9 Å². The van der Waals surface area contributed by atoms with Gasteiger partial charge in [-0.25, -0.2) is 16.8 Å². The van der Waals surface area contributed by atoms with E-state index in [1.165, 1.54) is 40.7 Å². The Labute approximate surface area is 225 Å². The van der Waals surface area contributed by atoms with Gasteiger partial charge < -0.3 is 5.32 Å². The van der Waals surface area contributed by atoms with Crippen LogP contribution in [0.25, 0.3) is 0 Å². The number of rotatable bonds is 9. The summed E-state index contributed by atoms with van der Waals surface area (Å²) in [5.41, 5.74) is 2.72. The van der Waals surface area contributed by atoms with Crippen LogP contribution in [0.4, 0.5) is 11.4 Å². The monoisotopic (exact) mass is 555 g/mol. The number of nitrogens with zero attached hydrogens (tertiary/aromatic N) is 2. The van der Waals surface area contributed by atoms with E-state index < -0.39 is 32.5 Å². The van der Waals surface area contributed by atoms with Crippen LogP contribution in [0.3, 0.4) is 0 Å². The molecule has 0 aliphatic carbocycles. The summed E-state index contributed by atoms with van der Waals surface area (Å²) in [7, 11) is -7.61. The summed E-state index contributed by atoms with van der Waals surface area (Å²) < 4.78 is 55.3. The summed E-state index contributed by atoms with van der Waals surface area (Å²) in [5.74, 6) is -0.282. The average Bonchev–Trinajstić information content (AvgIpc) is 3.44. The molecule has 1 saturated heterocycles. The second-order valence-corrected chi connectivity index (χ2v) is 13.6. The number of amides is 1. The number of sulfonamides is 2. The quantitative estimate of drug-likeness (QED) is 0.411. The Balaban J connectivity index is 1.56. The van der Waals surface area contributed by atoms with Crippen LogP contribution in [0.1, 0.15) is 43.7 Å². The van der Waals surface area contributed by atoms with E-state index in [0.29, 0.717) is 24.5 Å². The number of carbonyl (C=O) groups is 1. The smallest absolute Gasteiger partial charge is 0.264 e. The van der Waals surface area contributed by atoms with Gasteiger partial charge in [-0.2, -0.15) is 4.31 Å². The topological polar surface area (TPSA) is 104 Å². The molecule has 0 unspecified atom stereocenters. The van der Waals surface area contributed by atoms with Gasteiger partial charge in [0, 0.05) is 18.8 Å². The number of nitrogens with one attached hydrogen (secondary N) is 1. The van der Waals surface area contributed by atoms with E-state index in [1.807, 2.05) is 32.9 Å². The van der Waals surface area contributed by atoms with E-state index >= 15 is 0 Å². The van der Waals surface area contributed by atoms with Gasteiger partial charge in [0.05, 0.1) is 15.5 Å². The molecule has 10 heteroatoms. The highest BCUT2D eigenvalue weighted by Gasteiger charge is 2.29. The van der Waals surface area contributed by atoms with Crippen molar-refractivity contribution in [1.29, 1.82) is 0 Å². The first-order valence-corrected chi connectivity index (χ1v) is 15.5. The fourth-order valence-corrected chi connectivity index (χ4v) is 7.23. The molecule has 0 atom stereocenters. The van der Waals surface area contributed by atoms with E-state index in [1.54, 1.807) is 24.3 Å². The van der Waals surface area contributed by atoms with Crippen LogP contribution in [0.2, 0.25) is 0 Å². The lowest BCUT2D eigenvalue weighted by atomic mass is 10.0. The number of aryl methyl sites for hydroxylation is 1. The number of carbonyl (C=O) groups excluding carboxylic acids is 1. The minimum absolute atomic E-state index is 0.0836. The summed E-state index contributed by atoms with van der Waals surface area (Å²) in [6, 6.07) is 19.5. The Morgan fingerprint density at radius 1 is 0.842 bits per heavy atom. The fraction of sp³-hybridized carbons (Fsp3) is 0.321. The molecule has 1 aliphatic rings. The van der Waals surface area contributed by atoms with Crippen molar-refractivity contribution < 1.29 is 21.6 Å². The molecule has 0 spiro atoms. The van der Waals surface area contributed by atoms with Crippen LogP contribution in [-0.2, 0) is 24.8 Å². The maximum Gasteiger partial charge on any atom is 0.264 e. The second-order valence-electron chi connectivity index (χ2n) is 9.75. The highest BCUT2D eigenvalue weighted by Crippen LogP contribution is 2.27. The Morgan fingerprint density at radius 3 is 1.95 bits per heavy atom. The molecule has 1 fully saturated rings. The molecule has 1 amide bonds. The molecule has 0 radical (unpaired) electrons. The predicted octanol–water partition coefficient (Wildman–Crippen LogP) is 4.74. The zero-order chi connectivity index (χ0) is 27.5. The fourth-order valence-electron chi connectivity index (χ4n) is 4.30. The molecule has 1 aliphatic heterocycles. The Kier molecular flexibility index (Phi) is 8.25. The first-order valence-electron chi connectivity index (χ1n) is 12.6. The predicted molar refractivity (Wildman–Crippen MR) is 149 cm³/mol. The van der Waals surface area contributed by atoms with Gasteiger partial charge >= 0.3 is 0 Å². The Bertz CT molecular complexity index is 1480. The molecule has 1 heterocycles. The largest absolute Gasteiger partial charge is 0.325 e. The first kappa shape index (κ1) is 27.8. The number of hydrogen-bond acceptors (Lipinski definition) is 5. The van der Waals surface area contributed by atoms with Gasteiger partial charge in [-0.1, -0.05) is 43.7 Å². The highest BCUT2D eigenvalue weighted by molar-refractivity contribution is 7.92. The molecule has 202 valence electrons. The van der Waals surface area contributed by atoms with E-state index in [4.69, 9.17) is 0 Å². The summed E-state index contributed by atoms with van der Waals surface area (Å²) >= 11 is 0. The lowest BCUT2D eigenvalue weighted by Gasteiger charge is -2.24. The van der Waals surface area contributed by atoms with E-state index in [9.17, 15) is 21.6 Å². The molecular weight excluding hydrogens is 522 g/mol. The normalized spacial score (nSPS) is 14.5. The van der Waals surface area contributed by atoms with Gasteiger partial charge in [0.25, 0.3) is 10.0 Å². The van der Waals surface area contributed by atoms with Crippen LogP contribution < -0.4 is 9.62 Å². The van der Waals surface area contributed by atoms with Crippen LogP contribution in [0, 0.1) is 6.92 Å². The molecule has 3 aromatic carbocycles. The maximum atomic E-state index is 13.6. The summed E-state index contributed by atoms with van der Waals surface area (Å²) in [6.45, 7) is 6.52. The number of hydrogen-bond donors (Lipinski definition) is 1. The summed E-state index contributed by atoms with van der Waals surface area (Å²) in [6.07, 6.45) is 1.69. The molecule has 0 saturated carbocycles. The molecule has 1 N–H and O–H groups in total. The van der Waals surface area contributed by atoms with Gasteiger partial charge in [-0.15, -0.1) is 0 Å². The van der Waals surface area contributed by atoms with Gasteiger partial charge in [-0.05, 0) is 79.8 Å². The van der Waals surface area contributed by atoms with Crippen LogP contribution >= 0.6 is 0 Å². The zero-order valence-electron chi connectivity index (χ0n) is 21.8. The zero-order valence-corrected chi connectivity index (χ0v) is 23.4. The third-order valence-corrected chi connectivity index (χ3v) is 10.3. The minimum atomic E-state index is -4.04. The lowest BCUT2D eigenvalue weighted by molar-refractivity contribution is -0.114. The van der Waals surface area contributed by atoms with E-state index in [0.717, 1.165) is 28.3 Å². The molecule has 0 bridgehead atoms. The maximum absolute atomic E-state index is 13.6. The summed E-state index contributed by atoms with van der Waals surface area (Å²) in [5, 5.41) is 2.70. The van der Waals surface area contributed by atoms with E-state index in [-0.39, 0.29) is 15.7 Å². The number of anilines is 2. The Hall–Kier alpha value is -3.21. The molecule has 38 heavy (non-hydrogen) atoms. The van der Waals surface area contributed by atoms with E-state index in [2.05, 4.69) is 5.32 Å². The van der Waals surface area contributed by atoms with Crippen molar-refractivity contribution in [3.8, 4) is 0 Å². The molecule has 8 nitrogen and oxygen atoms in total. The standard InChI is InChI=1S/C28H33N3O5S2/c1-21(2)23-8-12-25(13-9-23)31(38(35,36)27-14-6-22(3)7-15-27)20-28(32)29-24-10-16-26(17-11-24)37(33,34)30-18-4-5-19-30/h6-17,21H,4-5,18-20H2,1-3H3,(H,29,32). The van der Waals surface area contributed by atoms with Crippen molar-refractivity contribution in [2.24, 2.45) is 0 Å². The van der Waals surface area contributed by atoms with Crippen molar-refractivity contribution in [2.45, 2.75) is 49.3 Å². The number of benzene rings is 3. The minimum Gasteiger partial charge on any atom is -0.325 e. The lowest BCUT2D eigenvalue weighted by Crippen LogP contribution is -2.38. The van der Waals surface area contributed by atoms with Gasteiger partial charge in [0.1, 0.15) is 6.54 Å². The van der Waals surface area contributed by atoms with Crippen molar-refractivity contribution in [3.05, 3.63) is 83.9 Å². The SMILES string of the molecule is Cc1ccc(S(=O)(=O)N(CC(=O)Nc2ccc(S(=O)(=O)N3CCCC3)cc2)c2ccc(C(C)C)cc2)cc1. The molecular formula is C28H33N3O5S2. The molecule has 0 aromatic heterocycles. The first-order chi connectivity index (χ1) is 18.0. The third-order valence-electron chi connectivity index (χ3n) is 6.58. The van der Waals surface area contributed by atoms with Crippen molar-refractivity contribution in [2.75, 3.05) is 29.3 Å². The van der Waals surface area contributed by atoms with Crippen LogP contribution in [0.5, 0.6) is 0 Å². The third kappa shape index (κ3) is 6.09. The van der Waals surface area contributed by atoms with Crippen LogP contribution in [0.15, 0.2) is 82.6 Å². The Morgan fingerprint density at radius 2 is 1.39 bits per heavy atom. The highest BCUT2D eigenvalue weighted by atomic mass is 32.2. The molecule has 3 aromatic rings. The summed E-state index contributed by atoms with van der Waals surface area (Å²) in [4.78, 5) is 13.3. The van der Waals surface area contributed by atoms with Gasteiger partial charge in [0.15, 0.2) is 0 Å². The molecule has 4 rings (SSSR count). The van der Waals surface area contributed by atoms with Crippen molar-refractivity contribution in [3.63, 3.8) is 0 Å². The second kappa shape index (κ2) is 11.3. The van der Waals surface area contributed by atoms with Crippen LogP contribution in [-0.4, -0.2) is 46.7 Å². The van der Waals surface area contributed by atoms with Gasteiger partial charge in [-0.3, -0.25) is 9.10 Å². The average molecular weight is 556 g/mol. The van der Waals surface area contributed by atoms with Crippen molar-refractivity contribution in [1.82, 2.24) is 4.31 Å². The van der Waals surface area contributed by atoms with Crippen molar-refractivity contribution >= 4 is 37.3 Å².